The van der Waals surface area contributed by atoms with E-state index in [4.69, 9.17) is 5.11 Å². The molecule has 1 heterocycles. The van der Waals surface area contributed by atoms with Gasteiger partial charge in [0, 0.05) is 9.99 Å². The maximum absolute atomic E-state index is 13.3. The Balaban J connectivity index is 2.47. The molecule has 0 radical (unpaired) electrons. The SMILES string of the molecule is CCCc1nnc(SCC(=O)O)n1-c1ccc(F)cc1I. The zero-order valence-corrected chi connectivity index (χ0v) is 14.2. The second kappa shape index (κ2) is 7.21. The number of aryl methyl sites for hydroxylation is 1. The highest BCUT2D eigenvalue weighted by Gasteiger charge is 2.17. The summed E-state index contributed by atoms with van der Waals surface area (Å²) in [5.74, 6) is -0.578. The fraction of sp³-hybridized carbons (Fsp3) is 0.308. The van der Waals surface area contributed by atoms with Gasteiger partial charge in [0.05, 0.1) is 11.4 Å². The summed E-state index contributed by atoms with van der Waals surface area (Å²) in [6, 6.07) is 4.46. The number of aliphatic carboxylic acids is 1. The van der Waals surface area contributed by atoms with Crippen molar-refractivity contribution in [3.05, 3.63) is 33.4 Å². The number of hydrogen-bond acceptors (Lipinski definition) is 4. The summed E-state index contributed by atoms with van der Waals surface area (Å²) in [6.07, 6.45) is 1.60. The van der Waals surface area contributed by atoms with Crippen LogP contribution < -0.4 is 0 Å². The molecule has 112 valence electrons. The summed E-state index contributed by atoms with van der Waals surface area (Å²) in [4.78, 5) is 10.7. The first-order chi connectivity index (χ1) is 10.0. The van der Waals surface area contributed by atoms with Gasteiger partial charge < -0.3 is 5.11 Å². The number of carboxylic acids is 1. The highest BCUT2D eigenvalue weighted by molar-refractivity contribution is 14.1. The molecule has 2 rings (SSSR count). The molecule has 1 N–H and O–H groups in total. The maximum Gasteiger partial charge on any atom is 0.313 e. The minimum atomic E-state index is -0.916. The number of carbonyl (C=O) groups is 1. The molecule has 0 atom stereocenters. The normalized spacial score (nSPS) is 10.8. The zero-order chi connectivity index (χ0) is 15.4. The molecule has 0 aliphatic heterocycles. The third-order valence-electron chi connectivity index (χ3n) is 2.65. The average molecular weight is 421 g/mol. The number of carboxylic acid groups (broad SMARTS) is 1. The summed E-state index contributed by atoms with van der Waals surface area (Å²) in [7, 11) is 0. The topological polar surface area (TPSA) is 68.0 Å². The molecule has 0 aliphatic rings. The molecule has 0 amide bonds. The van der Waals surface area contributed by atoms with Gasteiger partial charge in [-0.1, -0.05) is 18.7 Å². The van der Waals surface area contributed by atoms with E-state index in [2.05, 4.69) is 10.2 Å². The van der Waals surface area contributed by atoms with E-state index in [1.807, 2.05) is 29.5 Å². The van der Waals surface area contributed by atoms with Crippen molar-refractivity contribution < 1.29 is 14.3 Å². The van der Waals surface area contributed by atoms with Crippen LogP contribution in [0.2, 0.25) is 0 Å². The molecular formula is C13H13FIN3O2S. The van der Waals surface area contributed by atoms with Gasteiger partial charge in [0.25, 0.3) is 0 Å². The van der Waals surface area contributed by atoms with E-state index in [1.165, 1.54) is 12.1 Å². The molecule has 0 bridgehead atoms. The van der Waals surface area contributed by atoms with Crippen LogP contribution in [0.25, 0.3) is 5.69 Å². The Morgan fingerprint density at radius 2 is 2.24 bits per heavy atom. The Morgan fingerprint density at radius 1 is 1.48 bits per heavy atom. The summed E-state index contributed by atoms with van der Waals surface area (Å²) in [6.45, 7) is 2.03. The van der Waals surface area contributed by atoms with Crippen molar-refractivity contribution in [1.82, 2.24) is 14.8 Å². The van der Waals surface area contributed by atoms with Gasteiger partial charge in [-0.3, -0.25) is 9.36 Å². The summed E-state index contributed by atoms with van der Waals surface area (Å²) >= 11 is 3.15. The smallest absolute Gasteiger partial charge is 0.313 e. The summed E-state index contributed by atoms with van der Waals surface area (Å²) < 4.78 is 15.8. The van der Waals surface area contributed by atoms with Crippen LogP contribution in [0.5, 0.6) is 0 Å². The van der Waals surface area contributed by atoms with E-state index in [0.717, 1.165) is 33.3 Å². The molecule has 0 fully saturated rings. The van der Waals surface area contributed by atoms with Crippen LogP contribution in [-0.2, 0) is 11.2 Å². The molecule has 8 heteroatoms. The van der Waals surface area contributed by atoms with Crippen molar-refractivity contribution in [3.63, 3.8) is 0 Å². The molecule has 2 aromatic rings. The van der Waals surface area contributed by atoms with E-state index in [9.17, 15) is 9.18 Å². The van der Waals surface area contributed by atoms with E-state index in [1.54, 1.807) is 10.6 Å². The van der Waals surface area contributed by atoms with Crippen molar-refractivity contribution in [2.75, 3.05) is 5.75 Å². The van der Waals surface area contributed by atoms with Crippen molar-refractivity contribution in [2.45, 2.75) is 24.9 Å². The number of nitrogens with zero attached hydrogens (tertiary/aromatic N) is 3. The van der Waals surface area contributed by atoms with Crippen LogP contribution >= 0.6 is 34.4 Å². The first kappa shape index (κ1) is 16.2. The Labute approximate surface area is 139 Å². The summed E-state index contributed by atoms with van der Waals surface area (Å²) in [5.41, 5.74) is 0.762. The second-order valence-electron chi connectivity index (χ2n) is 4.26. The largest absolute Gasteiger partial charge is 0.481 e. The van der Waals surface area contributed by atoms with Crippen molar-refractivity contribution >= 4 is 40.3 Å². The third kappa shape index (κ3) is 3.94. The Morgan fingerprint density at radius 3 is 2.86 bits per heavy atom. The third-order valence-corrected chi connectivity index (χ3v) is 4.43. The Bertz CT molecular complexity index is 663. The molecule has 0 unspecified atom stereocenters. The van der Waals surface area contributed by atoms with Gasteiger partial charge in [-0.05, 0) is 47.2 Å². The molecule has 0 saturated heterocycles. The molecule has 0 saturated carbocycles. The van der Waals surface area contributed by atoms with Gasteiger partial charge in [-0.25, -0.2) is 4.39 Å². The minimum Gasteiger partial charge on any atom is -0.481 e. The minimum absolute atomic E-state index is 0.0952. The second-order valence-corrected chi connectivity index (χ2v) is 6.37. The van der Waals surface area contributed by atoms with Crippen LogP contribution in [0.1, 0.15) is 19.2 Å². The average Bonchev–Trinajstić information content (AvgIpc) is 2.80. The van der Waals surface area contributed by atoms with E-state index >= 15 is 0 Å². The highest BCUT2D eigenvalue weighted by Crippen LogP contribution is 2.26. The Kier molecular flexibility index (Phi) is 5.57. The molecule has 0 aliphatic carbocycles. The maximum atomic E-state index is 13.3. The number of thioether (sulfide) groups is 1. The van der Waals surface area contributed by atoms with Gasteiger partial charge in [0.1, 0.15) is 11.6 Å². The van der Waals surface area contributed by atoms with Crippen LogP contribution in [0.15, 0.2) is 23.4 Å². The van der Waals surface area contributed by atoms with E-state index in [0.29, 0.717) is 11.6 Å². The number of halogens is 2. The first-order valence-electron chi connectivity index (χ1n) is 6.27. The van der Waals surface area contributed by atoms with E-state index < -0.39 is 5.97 Å². The van der Waals surface area contributed by atoms with Crippen molar-refractivity contribution in [3.8, 4) is 5.69 Å². The zero-order valence-electron chi connectivity index (χ0n) is 11.2. The van der Waals surface area contributed by atoms with Gasteiger partial charge in [-0.15, -0.1) is 10.2 Å². The number of hydrogen-bond donors (Lipinski definition) is 1. The summed E-state index contributed by atoms with van der Waals surface area (Å²) in [5, 5.41) is 17.5. The molecule has 1 aromatic heterocycles. The van der Waals surface area contributed by atoms with Crippen molar-refractivity contribution in [1.29, 1.82) is 0 Å². The fourth-order valence-corrected chi connectivity index (χ4v) is 3.21. The molecule has 1 aromatic carbocycles. The Hall–Kier alpha value is -1.16. The van der Waals surface area contributed by atoms with Gasteiger partial charge >= 0.3 is 5.97 Å². The van der Waals surface area contributed by atoms with Crippen LogP contribution in [0.4, 0.5) is 4.39 Å². The number of aromatic nitrogens is 3. The highest BCUT2D eigenvalue weighted by atomic mass is 127. The van der Waals surface area contributed by atoms with Crippen molar-refractivity contribution in [2.24, 2.45) is 0 Å². The predicted octanol–water partition coefficient (Wildman–Crippen LogP) is 3.14. The van der Waals surface area contributed by atoms with Crippen LogP contribution in [-0.4, -0.2) is 31.6 Å². The lowest BCUT2D eigenvalue weighted by atomic mass is 10.3. The molecule has 21 heavy (non-hydrogen) atoms. The first-order valence-corrected chi connectivity index (χ1v) is 8.33. The van der Waals surface area contributed by atoms with E-state index in [-0.39, 0.29) is 11.6 Å². The molecule has 0 spiro atoms. The van der Waals surface area contributed by atoms with Gasteiger partial charge in [0.2, 0.25) is 0 Å². The molecular weight excluding hydrogens is 408 g/mol. The van der Waals surface area contributed by atoms with Gasteiger partial charge in [0.15, 0.2) is 5.16 Å². The fourth-order valence-electron chi connectivity index (χ4n) is 1.81. The number of rotatable bonds is 6. The van der Waals surface area contributed by atoms with Crippen LogP contribution in [0, 0.1) is 9.39 Å². The predicted molar refractivity (Wildman–Crippen MR) is 86.4 cm³/mol. The quantitative estimate of drug-likeness (QED) is 0.574. The molecule has 5 nitrogen and oxygen atoms in total. The monoisotopic (exact) mass is 421 g/mol. The lowest BCUT2D eigenvalue weighted by Crippen LogP contribution is -2.06. The van der Waals surface area contributed by atoms with Gasteiger partial charge in [-0.2, -0.15) is 0 Å². The standard InChI is InChI=1S/C13H13FIN3O2S/c1-2-3-11-16-17-13(21-7-12(19)20)18(11)10-5-4-8(14)6-9(10)15/h4-6H,2-3,7H2,1H3,(H,19,20). The number of benzene rings is 1. The lowest BCUT2D eigenvalue weighted by molar-refractivity contribution is -0.133. The lowest BCUT2D eigenvalue weighted by Gasteiger charge is -2.11. The van der Waals surface area contributed by atoms with Crippen LogP contribution in [0.3, 0.4) is 0 Å².